The lowest BCUT2D eigenvalue weighted by atomic mass is 10.2. The highest BCUT2D eigenvalue weighted by Crippen LogP contribution is 2.26. The second kappa shape index (κ2) is 5.55. The largest absolute Gasteiger partial charge is 0.381 e. The molecule has 1 aliphatic rings. The van der Waals surface area contributed by atoms with Gasteiger partial charge in [0.25, 0.3) is 10.0 Å². The lowest BCUT2D eigenvalue weighted by Crippen LogP contribution is -2.33. The van der Waals surface area contributed by atoms with Crippen molar-refractivity contribution in [2.24, 2.45) is 0 Å². The van der Waals surface area contributed by atoms with Crippen LogP contribution in [0, 0.1) is 0 Å². The number of sulfonamides is 1. The van der Waals surface area contributed by atoms with Crippen LogP contribution in [0.2, 0.25) is 0 Å². The van der Waals surface area contributed by atoms with Crippen LogP contribution in [0.15, 0.2) is 16.6 Å². The van der Waals surface area contributed by atoms with Crippen molar-refractivity contribution in [3.8, 4) is 0 Å². The van der Waals surface area contributed by atoms with Crippen LogP contribution in [-0.4, -0.2) is 35.4 Å². The van der Waals surface area contributed by atoms with Crippen molar-refractivity contribution in [1.29, 1.82) is 0 Å². The average Bonchev–Trinajstić information content (AvgIpc) is 2.97. The molecule has 20 heavy (non-hydrogen) atoms. The molecule has 1 saturated heterocycles. The van der Waals surface area contributed by atoms with Crippen LogP contribution in [0.4, 0.5) is 5.82 Å². The van der Waals surface area contributed by atoms with Gasteiger partial charge in [-0.2, -0.15) is 11.8 Å². The lowest BCUT2D eigenvalue weighted by Gasteiger charge is -2.21. The molecule has 1 fully saturated rings. The summed E-state index contributed by atoms with van der Waals surface area (Å²) in [6.07, 6.45) is 5.12. The molecule has 2 aromatic heterocycles. The first kappa shape index (κ1) is 14.2. The highest BCUT2D eigenvalue weighted by Gasteiger charge is 2.25. The van der Waals surface area contributed by atoms with E-state index in [-0.39, 0.29) is 10.8 Å². The van der Waals surface area contributed by atoms with Crippen molar-refractivity contribution in [2.75, 3.05) is 18.0 Å². The van der Waals surface area contributed by atoms with Gasteiger partial charge in [-0.1, -0.05) is 6.42 Å². The number of anilines is 1. The van der Waals surface area contributed by atoms with E-state index in [1.165, 1.54) is 28.6 Å². The van der Waals surface area contributed by atoms with Gasteiger partial charge in [0.1, 0.15) is 0 Å². The van der Waals surface area contributed by atoms with Gasteiger partial charge in [0.2, 0.25) is 0 Å². The monoisotopic (exact) mass is 332 g/mol. The minimum absolute atomic E-state index is 0.0505. The van der Waals surface area contributed by atoms with Crippen molar-refractivity contribution in [1.82, 2.24) is 14.1 Å². The van der Waals surface area contributed by atoms with E-state index in [4.69, 9.17) is 5.73 Å². The first-order chi connectivity index (χ1) is 9.58. The van der Waals surface area contributed by atoms with Crippen LogP contribution in [0.5, 0.6) is 0 Å². The molecule has 9 heteroatoms. The second-order valence-corrected chi connectivity index (χ2v) is 8.66. The zero-order chi connectivity index (χ0) is 14.2. The van der Waals surface area contributed by atoms with Crippen LogP contribution < -0.4 is 10.5 Å². The van der Waals surface area contributed by atoms with Crippen LogP contribution in [-0.2, 0) is 10.0 Å². The van der Waals surface area contributed by atoms with Gasteiger partial charge in [-0.3, -0.25) is 4.40 Å². The highest BCUT2D eigenvalue weighted by molar-refractivity contribution is 8.00. The topological polar surface area (TPSA) is 89.5 Å². The number of hydrogen-bond donors (Lipinski definition) is 2. The van der Waals surface area contributed by atoms with Crippen molar-refractivity contribution >= 4 is 43.9 Å². The number of nitrogen functional groups attached to an aromatic ring is 1. The lowest BCUT2D eigenvalue weighted by molar-refractivity contribution is 0.570. The molecule has 6 nitrogen and oxygen atoms in total. The van der Waals surface area contributed by atoms with Crippen molar-refractivity contribution in [3.63, 3.8) is 0 Å². The van der Waals surface area contributed by atoms with Gasteiger partial charge in [0.05, 0.1) is 0 Å². The van der Waals surface area contributed by atoms with E-state index in [1.807, 2.05) is 11.8 Å². The Kier molecular flexibility index (Phi) is 3.93. The third-order valence-corrected chi connectivity index (χ3v) is 6.89. The Bertz CT molecular complexity index is 700. The maximum atomic E-state index is 12.4. The fourth-order valence-electron chi connectivity index (χ4n) is 2.29. The molecule has 0 aliphatic carbocycles. The van der Waals surface area contributed by atoms with Crippen LogP contribution in [0.25, 0.3) is 4.96 Å². The average molecular weight is 332 g/mol. The molecule has 3 heterocycles. The van der Waals surface area contributed by atoms with E-state index >= 15 is 0 Å². The molecule has 0 radical (unpaired) electrons. The maximum Gasteiger partial charge on any atom is 0.260 e. The summed E-state index contributed by atoms with van der Waals surface area (Å²) in [6.45, 7) is 0.448. The Labute approximate surface area is 125 Å². The van der Waals surface area contributed by atoms with Gasteiger partial charge in [-0.25, -0.2) is 18.1 Å². The molecule has 0 aromatic carbocycles. The van der Waals surface area contributed by atoms with E-state index in [2.05, 4.69) is 9.71 Å². The standard InChI is InChI=1S/C11H16N4O2S3/c12-9-10(15-4-6-19-11(15)14-9)20(16,17)13-7-8-3-1-2-5-18-8/h4,6,8,13H,1-3,5,7,12H2. The fourth-order valence-corrected chi connectivity index (χ4v) is 5.70. The summed E-state index contributed by atoms with van der Waals surface area (Å²) in [5.41, 5.74) is 5.74. The molecule has 0 amide bonds. The minimum Gasteiger partial charge on any atom is -0.381 e. The Morgan fingerprint density at radius 2 is 2.35 bits per heavy atom. The summed E-state index contributed by atoms with van der Waals surface area (Å²) in [5, 5.41) is 2.19. The van der Waals surface area contributed by atoms with Gasteiger partial charge >= 0.3 is 0 Å². The zero-order valence-corrected chi connectivity index (χ0v) is 13.2. The smallest absolute Gasteiger partial charge is 0.260 e. The molecule has 1 unspecified atom stereocenters. The number of aromatic nitrogens is 2. The van der Waals surface area contributed by atoms with Crippen LogP contribution >= 0.6 is 23.1 Å². The molecule has 0 bridgehead atoms. The van der Waals surface area contributed by atoms with Gasteiger partial charge in [-0.15, -0.1) is 11.3 Å². The molecule has 0 spiro atoms. The summed E-state index contributed by atoms with van der Waals surface area (Å²) in [7, 11) is -3.62. The Morgan fingerprint density at radius 3 is 3.10 bits per heavy atom. The van der Waals surface area contributed by atoms with Gasteiger partial charge in [-0.05, 0) is 18.6 Å². The van der Waals surface area contributed by atoms with E-state index in [9.17, 15) is 8.42 Å². The molecule has 0 saturated carbocycles. The predicted molar refractivity (Wildman–Crippen MR) is 82.8 cm³/mol. The fraction of sp³-hybridized carbons (Fsp3) is 0.545. The number of fused-ring (bicyclic) bond motifs is 1. The minimum atomic E-state index is -3.62. The molecule has 110 valence electrons. The summed E-state index contributed by atoms with van der Waals surface area (Å²) in [6, 6.07) is 0. The third kappa shape index (κ3) is 2.67. The Morgan fingerprint density at radius 1 is 1.50 bits per heavy atom. The molecule has 3 N–H and O–H groups in total. The normalized spacial score (nSPS) is 20.5. The van der Waals surface area contributed by atoms with E-state index in [0.29, 0.717) is 16.8 Å². The molecule has 1 aliphatic heterocycles. The van der Waals surface area contributed by atoms with E-state index in [1.54, 1.807) is 11.6 Å². The van der Waals surface area contributed by atoms with Gasteiger partial charge in [0, 0.05) is 23.4 Å². The first-order valence-electron chi connectivity index (χ1n) is 6.40. The first-order valence-corrected chi connectivity index (χ1v) is 9.81. The summed E-state index contributed by atoms with van der Waals surface area (Å²) >= 11 is 3.19. The zero-order valence-electron chi connectivity index (χ0n) is 10.8. The second-order valence-electron chi connectivity index (χ2n) is 4.70. The van der Waals surface area contributed by atoms with E-state index in [0.717, 1.165) is 12.2 Å². The number of thiazole rings is 1. The Hall–Kier alpha value is -0.770. The summed E-state index contributed by atoms with van der Waals surface area (Å²) in [4.78, 5) is 4.66. The molecular formula is C11H16N4O2S3. The number of thioether (sulfide) groups is 1. The highest BCUT2D eigenvalue weighted by atomic mass is 32.2. The van der Waals surface area contributed by atoms with E-state index < -0.39 is 10.0 Å². The molecule has 3 rings (SSSR count). The van der Waals surface area contributed by atoms with Crippen molar-refractivity contribution in [2.45, 2.75) is 29.5 Å². The van der Waals surface area contributed by atoms with Crippen LogP contribution in [0.3, 0.4) is 0 Å². The van der Waals surface area contributed by atoms with Crippen molar-refractivity contribution in [3.05, 3.63) is 11.6 Å². The Balaban J connectivity index is 1.80. The van der Waals surface area contributed by atoms with Crippen LogP contribution in [0.1, 0.15) is 19.3 Å². The predicted octanol–water partition coefficient (Wildman–Crippen LogP) is 1.54. The number of nitrogens with one attached hydrogen (secondary N) is 1. The van der Waals surface area contributed by atoms with Crippen molar-refractivity contribution < 1.29 is 8.42 Å². The SMILES string of the molecule is Nc1nc2sccn2c1S(=O)(=O)NCC1CCCCS1. The number of hydrogen-bond acceptors (Lipinski definition) is 6. The quantitative estimate of drug-likeness (QED) is 0.886. The number of nitrogens with two attached hydrogens (primary N) is 1. The number of rotatable bonds is 4. The van der Waals surface area contributed by atoms with Gasteiger partial charge < -0.3 is 5.73 Å². The molecule has 2 aromatic rings. The summed E-state index contributed by atoms with van der Waals surface area (Å²) < 4.78 is 29.0. The molecule has 1 atom stereocenters. The maximum absolute atomic E-state index is 12.4. The molecular weight excluding hydrogens is 316 g/mol. The number of imidazole rings is 1. The van der Waals surface area contributed by atoms with Gasteiger partial charge in [0.15, 0.2) is 15.8 Å². The summed E-state index contributed by atoms with van der Waals surface area (Å²) in [5.74, 6) is 1.16. The number of nitrogens with zero attached hydrogens (tertiary/aromatic N) is 2. The third-order valence-electron chi connectivity index (χ3n) is 3.27.